The van der Waals surface area contributed by atoms with Crippen LogP contribution in [0.1, 0.15) is 36.8 Å². The van der Waals surface area contributed by atoms with E-state index in [2.05, 4.69) is 24.3 Å². The smallest absolute Gasteiger partial charge is 0.123 e. The second kappa shape index (κ2) is 3.95. The predicted molar refractivity (Wildman–Crippen MR) is 57.3 cm³/mol. The second-order valence-corrected chi connectivity index (χ2v) is 4.19. The van der Waals surface area contributed by atoms with Crippen molar-refractivity contribution in [3.63, 3.8) is 0 Å². The summed E-state index contributed by atoms with van der Waals surface area (Å²) in [7, 11) is 0. The van der Waals surface area contributed by atoms with Gasteiger partial charge < -0.3 is 4.79 Å². The third kappa shape index (κ3) is 1.59. The summed E-state index contributed by atoms with van der Waals surface area (Å²) >= 11 is 0. The lowest BCUT2D eigenvalue weighted by atomic mass is 9.77. The highest BCUT2D eigenvalue weighted by atomic mass is 16.1. The molecule has 1 aliphatic rings. The number of rotatable bonds is 2. The highest BCUT2D eigenvalue weighted by molar-refractivity contribution is 5.56. The van der Waals surface area contributed by atoms with Crippen LogP contribution in [0, 0.1) is 5.92 Å². The van der Waals surface area contributed by atoms with Gasteiger partial charge in [-0.1, -0.05) is 31.2 Å². The molecule has 0 saturated carbocycles. The number of benzene rings is 1. The topological polar surface area (TPSA) is 17.1 Å². The molecule has 1 aromatic carbocycles. The van der Waals surface area contributed by atoms with Gasteiger partial charge in [0.2, 0.25) is 0 Å². The highest BCUT2D eigenvalue weighted by Gasteiger charge is 2.24. The molecule has 2 unspecified atom stereocenters. The Labute approximate surface area is 85.1 Å². The summed E-state index contributed by atoms with van der Waals surface area (Å²) in [6.07, 6.45) is 4.65. The molecule has 2 atom stereocenters. The largest absolute Gasteiger partial charge is 0.303 e. The molecule has 0 bridgehead atoms. The normalized spacial score (nSPS) is 22.5. The zero-order chi connectivity index (χ0) is 9.97. The van der Waals surface area contributed by atoms with Crippen molar-refractivity contribution in [2.45, 2.75) is 32.1 Å². The first-order valence-electron chi connectivity index (χ1n) is 5.36. The maximum Gasteiger partial charge on any atom is 0.123 e. The fourth-order valence-corrected chi connectivity index (χ4v) is 2.43. The predicted octanol–water partition coefficient (Wildman–Crippen LogP) is 2.94. The quantitative estimate of drug-likeness (QED) is 0.652. The molecule has 0 radical (unpaired) electrons. The minimum absolute atomic E-state index is 0.163. The lowest BCUT2D eigenvalue weighted by molar-refractivity contribution is -0.111. The summed E-state index contributed by atoms with van der Waals surface area (Å²) in [5.41, 5.74) is 2.84. The molecule has 1 aromatic rings. The van der Waals surface area contributed by atoms with E-state index < -0.39 is 0 Å². The van der Waals surface area contributed by atoms with Crippen molar-refractivity contribution >= 4 is 6.29 Å². The van der Waals surface area contributed by atoms with Gasteiger partial charge in [-0.05, 0) is 36.3 Å². The van der Waals surface area contributed by atoms with Crippen LogP contribution in [0.4, 0.5) is 0 Å². The van der Waals surface area contributed by atoms with Gasteiger partial charge in [0.1, 0.15) is 6.29 Å². The number of hydrogen-bond acceptors (Lipinski definition) is 1. The Morgan fingerprint density at radius 2 is 2.21 bits per heavy atom. The molecule has 1 heteroatoms. The standard InChI is InChI=1S/C13H16O/c1-10(9-14)12-8-4-6-11-5-2-3-7-13(11)12/h2-3,5,7,9-10,12H,4,6,8H2,1H3. The van der Waals surface area contributed by atoms with Gasteiger partial charge in [-0.15, -0.1) is 0 Å². The van der Waals surface area contributed by atoms with Crippen molar-refractivity contribution in [1.82, 2.24) is 0 Å². The van der Waals surface area contributed by atoms with E-state index in [0.29, 0.717) is 5.92 Å². The molecular weight excluding hydrogens is 172 g/mol. The first-order chi connectivity index (χ1) is 6.83. The van der Waals surface area contributed by atoms with Crippen molar-refractivity contribution in [3.05, 3.63) is 35.4 Å². The molecule has 0 amide bonds. The third-order valence-electron chi connectivity index (χ3n) is 3.27. The Hall–Kier alpha value is -1.11. The first kappa shape index (κ1) is 9.45. The van der Waals surface area contributed by atoms with Gasteiger partial charge >= 0.3 is 0 Å². The van der Waals surface area contributed by atoms with Gasteiger partial charge in [-0.2, -0.15) is 0 Å². The minimum Gasteiger partial charge on any atom is -0.303 e. The number of carbonyl (C=O) groups excluding carboxylic acids is 1. The molecule has 1 aliphatic carbocycles. The van der Waals surface area contributed by atoms with E-state index in [4.69, 9.17) is 0 Å². The molecule has 0 aliphatic heterocycles. The Bertz CT molecular complexity index is 330. The van der Waals surface area contributed by atoms with Crippen molar-refractivity contribution in [3.8, 4) is 0 Å². The van der Waals surface area contributed by atoms with E-state index >= 15 is 0 Å². The zero-order valence-corrected chi connectivity index (χ0v) is 8.57. The molecule has 0 N–H and O–H groups in total. The SMILES string of the molecule is CC(C=O)C1CCCc2ccccc21. The van der Waals surface area contributed by atoms with Crippen LogP contribution in [-0.2, 0) is 11.2 Å². The molecule has 14 heavy (non-hydrogen) atoms. The van der Waals surface area contributed by atoms with Crippen LogP contribution in [0.3, 0.4) is 0 Å². The van der Waals surface area contributed by atoms with Crippen LogP contribution in [0.15, 0.2) is 24.3 Å². The van der Waals surface area contributed by atoms with E-state index in [1.165, 1.54) is 24.0 Å². The Morgan fingerprint density at radius 1 is 1.43 bits per heavy atom. The fraction of sp³-hybridized carbons (Fsp3) is 0.462. The summed E-state index contributed by atoms with van der Waals surface area (Å²) in [5, 5.41) is 0. The van der Waals surface area contributed by atoms with Crippen LogP contribution in [0.2, 0.25) is 0 Å². The third-order valence-corrected chi connectivity index (χ3v) is 3.27. The number of aryl methyl sites for hydroxylation is 1. The molecule has 0 spiro atoms. The Kier molecular flexibility index (Phi) is 2.67. The lowest BCUT2D eigenvalue weighted by Gasteiger charge is -2.27. The molecule has 1 nitrogen and oxygen atoms in total. The van der Waals surface area contributed by atoms with E-state index in [1.807, 2.05) is 6.92 Å². The summed E-state index contributed by atoms with van der Waals surface area (Å²) in [5.74, 6) is 0.619. The molecule has 0 heterocycles. The molecule has 74 valence electrons. The van der Waals surface area contributed by atoms with Gasteiger partial charge in [-0.3, -0.25) is 0 Å². The Balaban J connectivity index is 2.35. The van der Waals surface area contributed by atoms with Crippen LogP contribution in [-0.4, -0.2) is 6.29 Å². The van der Waals surface area contributed by atoms with Gasteiger partial charge in [-0.25, -0.2) is 0 Å². The highest BCUT2D eigenvalue weighted by Crippen LogP contribution is 2.35. The van der Waals surface area contributed by atoms with Crippen molar-refractivity contribution in [2.75, 3.05) is 0 Å². The van der Waals surface area contributed by atoms with E-state index in [9.17, 15) is 4.79 Å². The summed E-state index contributed by atoms with van der Waals surface area (Å²) < 4.78 is 0. The van der Waals surface area contributed by atoms with E-state index in [-0.39, 0.29) is 5.92 Å². The molecule has 0 fully saturated rings. The van der Waals surface area contributed by atoms with Crippen LogP contribution >= 0.6 is 0 Å². The maximum atomic E-state index is 10.8. The zero-order valence-electron chi connectivity index (χ0n) is 8.57. The van der Waals surface area contributed by atoms with Crippen LogP contribution in [0.5, 0.6) is 0 Å². The van der Waals surface area contributed by atoms with Crippen LogP contribution < -0.4 is 0 Å². The summed E-state index contributed by atoms with van der Waals surface area (Å²) in [6, 6.07) is 8.54. The number of carbonyl (C=O) groups is 1. The Morgan fingerprint density at radius 3 is 3.00 bits per heavy atom. The average Bonchev–Trinajstić information content (AvgIpc) is 2.27. The van der Waals surface area contributed by atoms with Gasteiger partial charge in [0.25, 0.3) is 0 Å². The van der Waals surface area contributed by atoms with Crippen molar-refractivity contribution in [1.29, 1.82) is 0 Å². The minimum atomic E-state index is 0.163. The van der Waals surface area contributed by atoms with Gasteiger partial charge in [0, 0.05) is 5.92 Å². The van der Waals surface area contributed by atoms with E-state index in [0.717, 1.165) is 12.7 Å². The monoisotopic (exact) mass is 188 g/mol. The van der Waals surface area contributed by atoms with E-state index in [1.54, 1.807) is 0 Å². The fourth-order valence-electron chi connectivity index (χ4n) is 2.43. The summed E-state index contributed by atoms with van der Waals surface area (Å²) in [4.78, 5) is 10.8. The molecule has 0 saturated heterocycles. The number of fused-ring (bicyclic) bond motifs is 1. The first-order valence-corrected chi connectivity index (χ1v) is 5.36. The summed E-state index contributed by atoms with van der Waals surface area (Å²) in [6.45, 7) is 2.03. The average molecular weight is 188 g/mol. The van der Waals surface area contributed by atoms with Crippen molar-refractivity contribution < 1.29 is 4.79 Å². The number of aldehydes is 1. The number of hydrogen-bond donors (Lipinski definition) is 0. The van der Waals surface area contributed by atoms with Crippen LogP contribution in [0.25, 0.3) is 0 Å². The lowest BCUT2D eigenvalue weighted by Crippen LogP contribution is -2.17. The van der Waals surface area contributed by atoms with Gasteiger partial charge in [0.15, 0.2) is 0 Å². The molecule has 2 rings (SSSR count). The maximum absolute atomic E-state index is 10.8. The second-order valence-electron chi connectivity index (χ2n) is 4.19. The van der Waals surface area contributed by atoms with Crippen molar-refractivity contribution in [2.24, 2.45) is 5.92 Å². The molecular formula is C13H16O. The van der Waals surface area contributed by atoms with Gasteiger partial charge in [0.05, 0.1) is 0 Å². The molecule has 0 aromatic heterocycles.